The third-order valence-electron chi connectivity index (χ3n) is 3.94. The van der Waals surface area contributed by atoms with E-state index in [0.717, 1.165) is 19.3 Å². The number of aliphatic hydroxyl groups is 5. The molecule has 1 aliphatic heterocycles. The van der Waals surface area contributed by atoms with Gasteiger partial charge in [-0.3, -0.25) is 0 Å². The fourth-order valence-electron chi connectivity index (χ4n) is 2.33. The molecule has 1 rings (SSSR count). The van der Waals surface area contributed by atoms with Gasteiger partial charge in [-0.25, -0.2) is 0 Å². The average molecular weight is 392 g/mol. The minimum Gasteiger partial charge on any atom is -0.394 e. The van der Waals surface area contributed by atoms with Crippen molar-refractivity contribution in [2.45, 2.75) is 62.2 Å². The lowest BCUT2D eigenvalue weighted by Crippen LogP contribution is -2.59. The molecular weight excluding hydrogens is 364 g/mol. The third-order valence-corrected chi connectivity index (χ3v) is 3.94. The number of allylic oxidation sites excluding steroid dienone is 2. The van der Waals surface area contributed by atoms with Crippen molar-refractivity contribution in [3.63, 3.8) is 0 Å². The van der Waals surface area contributed by atoms with Gasteiger partial charge in [0.05, 0.1) is 6.61 Å². The molecule has 1 fully saturated rings. The highest BCUT2D eigenvalue weighted by Gasteiger charge is 2.44. The molecule has 0 aromatic rings. The van der Waals surface area contributed by atoms with Crippen LogP contribution in [0.2, 0.25) is 0 Å². The first kappa shape index (κ1) is 24.1. The highest BCUT2D eigenvalue weighted by Crippen LogP contribution is 2.23. The van der Waals surface area contributed by atoms with E-state index >= 15 is 0 Å². The second-order valence-electron chi connectivity index (χ2n) is 6.12. The third kappa shape index (κ3) is 7.97. The summed E-state index contributed by atoms with van der Waals surface area (Å²) in [7, 11) is 0. The van der Waals surface area contributed by atoms with Crippen molar-refractivity contribution >= 4 is 0 Å². The molecule has 0 saturated carbocycles. The highest BCUT2D eigenvalue weighted by molar-refractivity contribution is 5.31. The Morgan fingerprint density at radius 1 is 1.04 bits per heavy atom. The summed E-state index contributed by atoms with van der Waals surface area (Å²) in [5.41, 5.74) is 0. The molecule has 28 heavy (non-hydrogen) atoms. The molecule has 0 amide bonds. The van der Waals surface area contributed by atoms with Crippen LogP contribution >= 0.6 is 0 Å². The van der Waals surface area contributed by atoms with E-state index in [2.05, 4.69) is 36.8 Å². The van der Waals surface area contributed by atoms with E-state index in [0.29, 0.717) is 0 Å². The number of unbranched alkanes of at least 4 members (excludes halogenated alkanes) is 2. The maximum absolute atomic E-state index is 10.1. The van der Waals surface area contributed by atoms with Crippen molar-refractivity contribution in [2.75, 3.05) is 6.61 Å². The van der Waals surface area contributed by atoms with Crippen LogP contribution in [-0.2, 0) is 9.47 Å². The van der Waals surface area contributed by atoms with Gasteiger partial charge in [0.1, 0.15) is 36.6 Å². The van der Waals surface area contributed by atoms with Gasteiger partial charge in [-0.1, -0.05) is 36.6 Å². The lowest BCUT2D eigenvalue weighted by Gasteiger charge is -2.40. The van der Waals surface area contributed by atoms with Gasteiger partial charge >= 0.3 is 0 Å². The summed E-state index contributed by atoms with van der Waals surface area (Å²) in [5.74, 6) is 10.2. The predicted octanol–water partition coefficient (Wildman–Crippen LogP) is -0.362. The summed E-state index contributed by atoms with van der Waals surface area (Å²) in [4.78, 5) is 0. The Kier molecular flexibility index (Phi) is 11.4. The first-order chi connectivity index (χ1) is 13.4. The second kappa shape index (κ2) is 13.3. The number of hydrogen-bond donors (Lipinski definition) is 5. The molecule has 1 heterocycles. The smallest absolute Gasteiger partial charge is 0.188 e. The van der Waals surface area contributed by atoms with Gasteiger partial charge in [-0.15, -0.1) is 6.58 Å². The Hall–Kier alpha value is -1.94. The second-order valence-corrected chi connectivity index (χ2v) is 6.12. The molecule has 1 saturated heterocycles. The van der Waals surface area contributed by atoms with Crippen molar-refractivity contribution in [1.29, 1.82) is 0 Å². The van der Waals surface area contributed by atoms with Gasteiger partial charge in [0.2, 0.25) is 0 Å². The summed E-state index contributed by atoms with van der Waals surface area (Å²) in [6, 6.07) is 0. The van der Waals surface area contributed by atoms with E-state index in [1.165, 1.54) is 6.08 Å². The van der Waals surface area contributed by atoms with E-state index in [1.807, 2.05) is 12.2 Å². The maximum atomic E-state index is 10.1. The van der Waals surface area contributed by atoms with Gasteiger partial charge in [-0.2, -0.15) is 0 Å². The van der Waals surface area contributed by atoms with E-state index in [9.17, 15) is 25.5 Å². The Morgan fingerprint density at radius 2 is 1.75 bits per heavy atom. The van der Waals surface area contributed by atoms with Gasteiger partial charge < -0.3 is 35.0 Å². The molecule has 0 aliphatic carbocycles. The summed E-state index contributed by atoms with van der Waals surface area (Å²) in [5, 5.41) is 48.4. The van der Waals surface area contributed by atoms with Crippen molar-refractivity contribution in [3.05, 3.63) is 37.5 Å². The summed E-state index contributed by atoms with van der Waals surface area (Å²) < 4.78 is 10.9. The number of rotatable bonds is 9. The maximum Gasteiger partial charge on any atom is 0.188 e. The molecule has 5 N–H and O–H groups in total. The average Bonchev–Trinajstić information content (AvgIpc) is 2.70. The fraction of sp³-hybridized carbons (Fsp3) is 0.524. The summed E-state index contributed by atoms with van der Waals surface area (Å²) in [6.45, 7) is 6.50. The molecule has 7 atom stereocenters. The van der Waals surface area contributed by atoms with E-state index < -0.39 is 49.5 Å². The molecule has 154 valence electrons. The van der Waals surface area contributed by atoms with Crippen molar-refractivity contribution < 1.29 is 35.0 Å². The molecule has 2 unspecified atom stereocenters. The summed E-state index contributed by atoms with van der Waals surface area (Å²) in [6.07, 6.45) is 0.352. The van der Waals surface area contributed by atoms with Crippen LogP contribution in [0.5, 0.6) is 0 Å². The van der Waals surface area contributed by atoms with E-state index in [4.69, 9.17) is 9.47 Å². The quantitative estimate of drug-likeness (QED) is 0.206. The zero-order chi connectivity index (χ0) is 20.9. The van der Waals surface area contributed by atoms with Crippen LogP contribution in [0, 0.1) is 23.7 Å². The monoisotopic (exact) mass is 392 g/mol. The van der Waals surface area contributed by atoms with Crippen molar-refractivity contribution in [3.8, 4) is 23.7 Å². The fourth-order valence-corrected chi connectivity index (χ4v) is 2.33. The molecule has 0 radical (unpaired) electrons. The largest absolute Gasteiger partial charge is 0.394 e. The Morgan fingerprint density at radius 3 is 2.39 bits per heavy atom. The first-order valence-corrected chi connectivity index (χ1v) is 8.99. The van der Waals surface area contributed by atoms with Crippen LogP contribution in [0.3, 0.4) is 0 Å². The topological polar surface area (TPSA) is 120 Å². The molecule has 0 bridgehead atoms. The first-order valence-electron chi connectivity index (χ1n) is 8.99. The van der Waals surface area contributed by atoms with Crippen LogP contribution in [0.4, 0.5) is 0 Å². The molecule has 0 aromatic carbocycles. The minimum atomic E-state index is -1.54. The molecule has 0 aromatic heterocycles. The summed E-state index contributed by atoms with van der Waals surface area (Å²) >= 11 is 0. The van der Waals surface area contributed by atoms with Gasteiger partial charge in [0, 0.05) is 0 Å². The Bertz CT molecular complexity index is 635. The SMILES string of the molecule is C=CCCCC=CC(C#CC#CC(O)C=C)O[C@@H]1O[C@H](CO)[C@@H](O)[C@H](O)[C@H]1O. The van der Waals surface area contributed by atoms with Crippen LogP contribution in [0.15, 0.2) is 37.5 Å². The lowest BCUT2D eigenvalue weighted by atomic mass is 9.99. The Labute approximate surface area is 165 Å². The number of ether oxygens (including phenoxy) is 2. The van der Waals surface area contributed by atoms with Crippen LogP contribution in [-0.4, -0.2) is 75.1 Å². The Balaban J connectivity index is 2.87. The molecule has 1 aliphatic rings. The predicted molar refractivity (Wildman–Crippen MR) is 104 cm³/mol. The van der Waals surface area contributed by atoms with Gasteiger partial charge in [0.25, 0.3) is 0 Å². The standard InChI is InChI=1S/C21H28O7/c1-3-5-6-7-8-12-16(13-10-9-11-15(23)4-2)27-21-20(26)19(25)18(24)17(14-22)28-21/h3-4,8,12,15-26H,1-2,5-7,14H2/t15?,16?,17-,18-,19+,20-,21-/m1/s1. The molecule has 0 spiro atoms. The van der Waals surface area contributed by atoms with E-state index in [1.54, 1.807) is 6.08 Å². The molecular formula is C21H28O7. The van der Waals surface area contributed by atoms with Crippen molar-refractivity contribution in [1.82, 2.24) is 0 Å². The normalized spacial score (nSPS) is 29.1. The number of aliphatic hydroxyl groups excluding tert-OH is 5. The number of hydrogen-bond acceptors (Lipinski definition) is 7. The zero-order valence-electron chi connectivity index (χ0n) is 15.6. The van der Waals surface area contributed by atoms with Crippen LogP contribution in [0.25, 0.3) is 0 Å². The van der Waals surface area contributed by atoms with E-state index in [-0.39, 0.29) is 0 Å². The molecule has 7 heteroatoms. The van der Waals surface area contributed by atoms with Crippen LogP contribution < -0.4 is 0 Å². The lowest BCUT2D eigenvalue weighted by molar-refractivity contribution is -0.303. The van der Waals surface area contributed by atoms with Crippen LogP contribution in [0.1, 0.15) is 19.3 Å². The molecule has 7 nitrogen and oxygen atoms in total. The highest BCUT2D eigenvalue weighted by atomic mass is 16.7. The van der Waals surface area contributed by atoms with Gasteiger partial charge in [-0.05, 0) is 37.2 Å². The zero-order valence-corrected chi connectivity index (χ0v) is 15.6. The van der Waals surface area contributed by atoms with Crippen molar-refractivity contribution in [2.24, 2.45) is 0 Å². The minimum absolute atomic E-state index is 0.552. The van der Waals surface area contributed by atoms with Gasteiger partial charge in [0.15, 0.2) is 6.29 Å².